The third-order valence-electron chi connectivity index (χ3n) is 2.45. The molecule has 1 aromatic heterocycles. The molecule has 1 rings (SSSR count). The molecule has 0 radical (unpaired) electrons. The van der Waals surface area contributed by atoms with Gasteiger partial charge in [-0.1, -0.05) is 13.8 Å². The zero-order valence-electron chi connectivity index (χ0n) is 10.7. The van der Waals surface area contributed by atoms with Crippen LogP contribution < -0.4 is 10.6 Å². The Morgan fingerprint density at radius 2 is 2.29 bits per heavy atom. The van der Waals surface area contributed by atoms with Crippen LogP contribution >= 0.6 is 0 Å². The number of nitrogens with one attached hydrogen (secondary N) is 2. The van der Waals surface area contributed by atoms with Crippen LogP contribution in [-0.4, -0.2) is 23.5 Å². The van der Waals surface area contributed by atoms with Crippen LogP contribution in [0.5, 0.6) is 0 Å². The van der Waals surface area contributed by atoms with E-state index in [1.807, 2.05) is 20.8 Å². The van der Waals surface area contributed by atoms with Crippen molar-refractivity contribution in [1.29, 1.82) is 0 Å². The average Bonchev–Trinajstić information content (AvgIpc) is 2.80. The SMILES string of the molecule is CCCNC(=O)C(C)NCc1ncc(CC)o1. The van der Waals surface area contributed by atoms with Crippen molar-refractivity contribution in [2.75, 3.05) is 6.54 Å². The topological polar surface area (TPSA) is 67.2 Å². The van der Waals surface area contributed by atoms with E-state index in [1.165, 1.54) is 0 Å². The Hall–Kier alpha value is -1.36. The smallest absolute Gasteiger partial charge is 0.236 e. The highest BCUT2D eigenvalue weighted by molar-refractivity contribution is 5.81. The highest BCUT2D eigenvalue weighted by atomic mass is 16.4. The van der Waals surface area contributed by atoms with Crippen molar-refractivity contribution in [3.63, 3.8) is 0 Å². The Morgan fingerprint density at radius 3 is 2.88 bits per heavy atom. The van der Waals surface area contributed by atoms with Gasteiger partial charge in [0.15, 0.2) is 0 Å². The number of carbonyl (C=O) groups excluding carboxylic acids is 1. The van der Waals surface area contributed by atoms with Gasteiger partial charge < -0.3 is 9.73 Å². The number of aromatic nitrogens is 1. The van der Waals surface area contributed by atoms with Crippen LogP contribution in [0.1, 0.15) is 38.8 Å². The van der Waals surface area contributed by atoms with Crippen LogP contribution in [0.15, 0.2) is 10.6 Å². The van der Waals surface area contributed by atoms with Gasteiger partial charge in [0.2, 0.25) is 11.8 Å². The second kappa shape index (κ2) is 7.06. The van der Waals surface area contributed by atoms with Crippen LogP contribution in [0.3, 0.4) is 0 Å². The van der Waals surface area contributed by atoms with Gasteiger partial charge in [0.1, 0.15) is 5.76 Å². The lowest BCUT2D eigenvalue weighted by Gasteiger charge is -2.12. The van der Waals surface area contributed by atoms with Gasteiger partial charge in [-0.15, -0.1) is 0 Å². The molecule has 0 aliphatic rings. The Bertz CT molecular complexity index is 349. The van der Waals surface area contributed by atoms with Crippen LogP contribution in [0.4, 0.5) is 0 Å². The predicted molar refractivity (Wildman–Crippen MR) is 65.5 cm³/mol. The third-order valence-corrected chi connectivity index (χ3v) is 2.45. The summed E-state index contributed by atoms with van der Waals surface area (Å²) >= 11 is 0. The van der Waals surface area contributed by atoms with E-state index in [-0.39, 0.29) is 11.9 Å². The zero-order valence-corrected chi connectivity index (χ0v) is 10.7. The first kappa shape index (κ1) is 13.7. The molecule has 2 N–H and O–H groups in total. The summed E-state index contributed by atoms with van der Waals surface area (Å²) in [4.78, 5) is 15.7. The minimum atomic E-state index is -0.237. The van der Waals surface area contributed by atoms with E-state index in [4.69, 9.17) is 4.42 Å². The van der Waals surface area contributed by atoms with E-state index in [0.717, 1.165) is 18.6 Å². The molecule has 0 aliphatic carbocycles. The van der Waals surface area contributed by atoms with Crippen LogP contribution in [0.2, 0.25) is 0 Å². The van der Waals surface area contributed by atoms with E-state index in [0.29, 0.717) is 19.0 Å². The third kappa shape index (κ3) is 4.56. The molecule has 0 saturated carbocycles. The van der Waals surface area contributed by atoms with E-state index in [1.54, 1.807) is 6.20 Å². The number of hydrogen-bond acceptors (Lipinski definition) is 4. The molecule has 17 heavy (non-hydrogen) atoms. The van der Waals surface area contributed by atoms with Crippen LogP contribution in [0, 0.1) is 0 Å². The molecule has 96 valence electrons. The summed E-state index contributed by atoms with van der Waals surface area (Å²) in [5, 5.41) is 5.91. The summed E-state index contributed by atoms with van der Waals surface area (Å²) in [6.45, 7) is 7.05. The molecular formula is C12H21N3O2. The zero-order chi connectivity index (χ0) is 12.7. The lowest BCUT2D eigenvalue weighted by molar-refractivity contribution is -0.122. The fourth-order valence-corrected chi connectivity index (χ4v) is 1.33. The summed E-state index contributed by atoms with van der Waals surface area (Å²) in [6, 6.07) is -0.237. The lowest BCUT2D eigenvalue weighted by Crippen LogP contribution is -2.42. The minimum absolute atomic E-state index is 0.00845. The van der Waals surface area contributed by atoms with E-state index in [2.05, 4.69) is 15.6 Å². The van der Waals surface area contributed by atoms with Crippen molar-refractivity contribution in [2.45, 2.75) is 46.2 Å². The van der Waals surface area contributed by atoms with E-state index in [9.17, 15) is 4.79 Å². The first-order valence-corrected chi connectivity index (χ1v) is 6.12. The maximum absolute atomic E-state index is 11.6. The van der Waals surface area contributed by atoms with Crippen molar-refractivity contribution in [1.82, 2.24) is 15.6 Å². The van der Waals surface area contributed by atoms with E-state index < -0.39 is 0 Å². The molecule has 1 atom stereocenters. The van der Waals surface area contributed by atoms with Gasteiger partial charge in [-0.2, -0.15) is 0 Å². The number of hydrogen-bond donors (Lipinski definition) is 2. The Kier molecular flexibility index (Phi) is 5.69. The standard InChI is InChI=1S/C12H21N3O2/c1-4-6-13-12(16)9(3)14-8-11-15-7-10(5-2)17-11/h7,9,14H,4-6,8H2,1-3H3,(H,13,16). The Balaban J connectivity index is 2.31. The molecule has 0 fully saturated rings. The number of nitrogens with zero attached hydrogens (tertiary/aromatic N) is 1. The maximum atomic E-state index is 11.6. The monoisotopic (exact) mass is 239 g/mol. The molecule has 5 nitrogen and oxygen atoms in total. The lowest BCUT2D eigenvalue weighted by atomic mass is 10.3. The van der Waals surface area contributed by atoms with Gasteiger partial charge in [0.05, 0.1) is 18.8 Å². The molecular weight excluding hydrogens is 218 g/mol. The summed E-state index contributed by atoms with van der Waals surface area (Å²) in [7, 11) is 0. The van der Waals surface area contributed by atoms with Crippen molar-refractivity contribution in [2.24, 2.45) is 0 Å². The van der Waals surface area contributed by atoms with Crippen molar-refractivity contribution in [3.8, 4) is 0 Å². The van der Waals surface area contributed by atoms with Gasteiger partial charge in [0.25, 0.3) is 0 Å². The van der Waals surface area contributed by atoms with Gasteiger partial charge in [-0.25, -0.2) is 4.98 Å². The first-order valence-electron chi connectivity index (χ1n) is 6.12. The molecule has 0 spiro atoms. The Morgan fingerprint density at radius 1 is 1.53 bits per heavy atom. The molecule has 5 heteroatoms. The van der Waals surface area contributed by atoms with Crippen LogP contribution in [-0.2, 0) is 17.8 Å². The first-order chi connectivity index (χ1) is 8.17. The molecule has 1 aromatic rings. The number of amides is 1. The highest BCUT2D eigenvalue weighted by Gasteiger charge is 2.12. The molecule has 0 saturated heterocycles. The molecule has 1 heterocycles. The fourth-order valence-electron chi connectivity index (χ4n) is 1.33. The quantitative estimate of drug-likeness (QED) is 0.751. The summed E-state index contributed by atoms with van der Waals surface area (Å²) in [5.41, 5.74) is 0. The van der Waals surface area contributed by atoms with Crippen LogP contribution in [0.25, 0.3) is 0 Å². The summed E-state index contributed by atoms with van der Waals surface area (Å²) in [5.74, 6) is 1.50. The molecule has 0 aliphatic heterocycles. The van der Waals surface area contributed by atoms with E-state index >= 15 is 0 Å². The number of rotatable bonds is 7. The number of oxazole rings is 1. The van der Waals surface area contributed by atoms with Crippen molar-refractivity contribution < 1.29 is 9.21 Å². The second-order valence-corrected chi connectivity index (χ2v) is 3.97. The van der Waals surface area contributed by atoms with Gasteiger partial charge in [-0.3, -0.25) is 10.1 Å². The summed E-state index contributed by atoms with van der Waals surface area (Å²) in [6.07, 6.45) is 3.50. The van der Waals surface area contributed by atoms with Crippen molar-refractivity contribution in [3.05, 3.63) is 17.8 Å². The maximum Gasteiger partial charge on any atom is 0.236 e. The average molecular weight is 239 g/mol. The normalized spacial score (nSPS) is 12.4. The molecule has 0 bridgehead atoms. The predicted octanol–water partition coefficient (Wildman–Crippen LogP) is 1.24. The number of carbonyl (C=O) groups is 1. The summed E-state index contributed by atoms with van der Waals surface area (Å²) < 4.78 is 5.44. The largest absolute Gasteiger partial charge is 0.444 e. The molecule has 1 amide bonds. The highest BCUT2D eigenvalue weighted by Crippen LogP contribution is 2.03. The molecule has 0 aromatic carbocycles. The minimum Gasteiger partial charge on any atom is -0.444 e. The number of aryl methyl sites for hydroxylation is 1. The fraction of sp³-hybridized carbons (Fsp3) is 0.667. The van der Waals surface area contributed by atoms with Gasteiger partial charge in [0, 0.05) is 13.0 Å². The second-order valence-electron chi connectivity index (χ2n) is 3.97. The van der Waals surface area contributed by atoms with Gasteiger partial charge >= 0.3 is 0 Å². The Labute approximate surface area is 102 Å². The molecule has 1 unspecified atom stereocenters. The van der Waals surface area contributed by atoms with Gasteiger partial charge in [-0.05, 0) is 13.3 Å². The van der Waals surface area contributed by atoms with Crippen molar-refractivity contribution >= 4 is 5.91 Å².